The van der Waals surface area contributed by atoms with Crippen molar-refractivity contribution in [1.29, 1.82) is 0 Å². The number of aromatic nitrogens is 2. The molecule has 0 spiro atoms. The second kappa shape index (κ2) is 6.41. The zero-order chi connectivity index (χ0) is 16.5. The first-order chi connectivity index (χ1) is 10.2. The largest absolute Gasteiger partial charge is 0.438 e. The van der Waals surface area contributed by atoms with Crippen molar-refractivity contribution in [2.24, 2.45) is 17.1 Å². The van der Waals surface area contributed by atoms with E-state index in [1.165, 1.54) is 0 Å². The summed E-state index contributed by atoms with van der Waals surface area (Å²) >= 11 is 6.38. The molecule has 6 heteroatoms. The van der Waals surface area contributed by atoms with Gasteiger partial charge in [0.25, 0.3) is 0 Å². The third-order valence-electron chi connectivity index (χ3n) is 4.41. The number of hydrogen-bond acceptors (Lipinski definition) is 4. The number of fused-ring (bicyclic) bond motifs is 1. The highest BCUT2D eigenvalue weighted by molar-refractivity contribution is 6.30. The van der Waals surface area contributed by atoms with Gasteiger partial charge in [-0.25, -0.2) is 14.8 Å². The van der Waals surface area contributed by atoms with Crippen molar-refractivity contribution in [3.05, 3.63) is 22.2 Å². The van der Waals surface area contributed by atoms with Crippen LogP contribution in [-0.2, 0) is 17.6 Å². The maximum atomic E-state index is 11.2. The predicted molar refractivity (Wildman–Crippen MR) is 85.7 cm³/mol. The third-order valence-corrected chi connectivity index (χ3v) is 4.72. The molecule has 0 aliphatic heterocycles. The topological polar surface area (TPSA) is 78.1 Å². The van der Waals surface area contributed by atoms with Crippen molar-refractivity contribution in [1.82, 2.24) is 9.97 Å². The Kier molecular flexibility index (Phi) is 4.95. The van der Waals surface area contributed by atoms with Gasteiger partial charge in [-0.15, -0.1) is 0 Å². The number of carbonyl (C=O) groups is 1. The molecule has 0 bridgehead atoms. The zero-order valence-corrected chi connectivity index (χ0v) is 14.4. The molecule has 1 heterocycles. The van der Waals surface area contributed by atoms with Gasteiger partial charge in [0.2, 0.25) is 0 Å². The number of aryl methyl sites for hydroxylation is 1. The van der Waals surface area contributed by atoms with E-state index in [9.17, 15) is 4.79 Å². The summed E-state index contributed by atoms with van der Waals surface area (Å²) in [5.41, 5.74) is 7.38. The van der Waals surface area contributed by atoms with Crippen molar-refractivity contribution in [2.75, 3.05) is 0 Å². The van der Waals surface area contributed by atoms with E-state index in [-0.39, 0.29) is 11.3 Å². The highest BCUT2D eigenvalue weighted by atomic mass is 35.5. The maximum Gasteiger partial charge on any atom is 0.405 e. The lowest BCUT2D eigenvalue weighted by atomic mass is 9.76. The molecule has 0 saturated carbocycles. The summed E-state index contributed by atoms with van der Waals surface area (Å²) in [7, 11) is 0. The summed E-state index contributed by atoms with van der Waals surface area (Å²) in [6.07, 6.45) is 2.23. The number of nitrogens with two attached hydrogens (primary N) is 1. The first kappa shape index (κ1) is 17.0. The number of amides is 1. The van der Waals surface area contributed by atoms with Gasteiger partial charge >= 0.3 is 6.09 Å². The average Bonchev–Trinajstić information content (AvgIpc) is 2.44. The molecule has 22 heavy (non-hydrogen) atoms. The molecule has 5 nitrogen and oxygen atoms in total. The van der Waals surface area contributed by atoms with Gasteiger partial charge in [0, 0.05) is 17.2 Å². The SMILES string of the molecule is CCC(C)C(OC(N)=O)c1nc(Cl)c2c(n1)CCC(C)(C)C2. The van der Waals surface area contributed by atoms with E-state index in [1.54, 1.807) is 0 Å². The van der Waals surface area contributed by atoms with Crippen LogP contribution in [0.2, 0.25) is 5.15 Å². The van der Waals surface area contributed by atoms with Gasteiger partial charge in [-0.2, -0.15) is 0 Å². The van der Waals surface area contributed by atoms with Crippen LogP contribution in [0.5, 0.6) is 0 Å². The highest BCUT2D eigenvalue weighted by Crippen LogP contribution is 2.37. The molecule has 2 N–H and O–H groups in total. The van der Waals surface area contributed by atoms with E-state index in [4.69, 9.17) is 22.1 Å². The van der Waals surface area contributed by atoms with E-state index in [1.807, 2.05) is 13.8 Å². The van der Waals surface area contributed by atoms with Crippen LogP contribution >= 0.6 is 11.6 Å². The van der Waals surface area contributed by atoms with Crippen molar-refractivity contribution in [2.45, 2.75) is 59.5 Å². The van der Waals surface area contributed by atoms with Crippen LogP contribution in [0.4, 0.5) is 4.79 Å². The van der Waals surface area contributed by atoms with E-state index >= 15 is 0 Å². The van der Waals surface area contributed by atoms with Crippen LogP contribution in [0.15, 0.2) is 0 Å². The van der Waals surface area contributed by atoms with E-state index in [0.29, 0.717) is 11.0 Å². The first-order valence-corrected chi connectivity index (χ1v) is 8.12. The molecule has 1 aliphatic carbocycles. The molecule has 2 rings (SSSR count). The molecule has 2 unspecified atom stereocenters. The summed E-state index contributed by atoms with van der Waals surface area (Å²) < 4.78 is 5.23. The van der Waals surface area contributed by atoms with E-state index < -0.39 is 12.2 Å². The first-order valence-electron chi connectivity index (χ1n) is 7.74. The van der Waals surface area contributed by atoms with Crippen molar-refractivity contribution < 1.29 is 9.53 Å². The summed E-state index contributed by atoms with van der Waals surface area (Å²) in [5.74, 6) is 0.526. The van der Waals surface area contributed by atoms with Gasteiger partial charge < -0.3 is 10.5 Å². The van der Waals surface area contributed by atoms with Crippen LogP contribution in [0.3, 0.4) is 0 Å². The van der Waals surface area contributed by atoms with Crippen LogP contribution < -0.4 is 5.73 Å². The monoisotopic (exact) mass is 325 g/mol. The molecule has 0 aromatic carbocycles. The van der Waals surface area contributed by atoms with Gasteiger partial charge in [0.1, 0.15) is 5.15 Å². The molecular formula is C16H24ClN3O2. The Balaban J connectivity index is 2.39. The quantitative estimate of drug-likeness (QED) is 0.853. The molecule has 1 aromatic heterocycles. The van der Waals surface area contributed by atoms with Crippen LogP contribution in [-0.4, -0.2) is 16.1 Å². The van der Waals surface area contributed by atoms with E-state index in [0.717, 1.165) is 36.9 Å². The zero-order valence-electron chi connectivity index (χ0n) is 13.6. The fourth-order valence-corrected chi connectivity index (χ4v) is 3.08. The summed E-state index contributed by atoms with van der Waals surface area (Å²) in [6.45, 7) is 8.44. The minimum Gasteiger partial charge on any atom is -0.438 e. The molecule has 1 aliphatic rings. The maximum absolute atomic E-state index is 11.2. The number of nitrogens with zero attached hydrogens (tertiary/aromatic N) is 2. The lowest BCUT2D eigenvalue weighted by Crippen LogP contribution is -2.27. The van der Waals surface area contributed by atoms with Crippen molar-refractivity contribution >= 4 is 17.7 Å². The molecule has 122 valence electrons. The second-order valence-corrected chi connectivity index (χ2v) is 7.24. The molecule has 1 amide bonds. The van der Waals surface area contributed by atoms with Crippen molar-refractivity contribution in [3.63, 3.8) is 0 Å². The van der Waals surface area contributed by atoms with Crippen molar-refractivity contribution in [3.8, 4) is 0 Å². The average molecular weight is 326 g/mol. The molecule has 0 radical (unpaired) electrons. The number of rotatable bonds is 4. The molecule has 0 saturated heterocycles. The summed E-state index contributed by atoms with van der Waals surface area (Å²) in [4.78, 5) is 20.2. The minimum absolute atomic E-state index is 0.0710. The lowest BCUT2D eigenvalue weighted by Gasteiger charge is -2.31. The minimum atomic E-state index is -0.816. The number of primary amides is 1. The second-order valence-electron chi connectivity index (χ2n) is 6.88. The third kappa shape index (κ3) is 3.69. The van der Waals surface area contributed by atoms with E-state index in [2.05, 4.69) is 23.8 Å². The lowest BCUT2D eigenvalue weighted by molar-refractivity contribution is 0.0658. The Bertz CT molecular complexity index is 575. The normalized spacial score (nSPS) is 19.1. The Hall–Kier alpha value is -1.36. The Morgan fingerprint density at radius 3 is 2.73 bits per heavy atom. The van der Waals surface area contributed by atoms with Crippen LogP contribution in [0.25, 0.3) is 0 Å². The number of hydrogen-bond donors (Lipinski definition) is 1. The van der Waals surface area contributed by atoms with Gasteiger partial charge in [-0.05, 0) is 31.1 Å². The standard InChI is InChI=1S/C16H24ClN3O2/c1-5-9(2)12(22-15(18)21)14-19-11-6-7-16(3,4)8-10(11)13(17)20-14/h9,12H,5-8H2,1-4H3,(H2,18,21). The summed E-state index contributed by atoms with van der Waals surface area (Å²) in [5, 5.41) is 0.467. The summed E-state index contributed by atoms with van der Waals surface area (Å²) in [6, 6.07) is 0. The predicted octanol–water partition coefficient (Wildman–Crippen LogP) is 3.83. The highest BCUT2D eigenvalue weighted by Gasteiger charge is 2.31. The Morgan fingerprint density at radius 1 is 1.45 bits per heavy atom. The smallest absolute Gasteiger partial charge is 0.405 e. The number of halogens is 1. The molecule has 1 aromatic rings. The van der Waals surface area contributed by atoms with Gasteiger partial charge in [-0.3, -0.25) is 0 Å². The number of ether oxygens (including phenoxy) is 1. The molecular weight excluding hydrogens is 302 g/mol. The van der Waals surface area contributed by atoms with Crippen LogP contribution in [0, 0.1) is 11.3 Å². The van der Waals surface area contributed by atoms with Gasteiger partial charge in [0.05, 0.1) is 0 Å². The fraction of sp³-hybridized carbons (Fsp3) is 0.688. The number of carbonyl (C=O) groups excluding carboxylic acids is 1. The molecule has 0 fully saturated rings. The van der Waals surface area contributed by atoms with Gasteiger partial charge in [0.15, 0.2) is 11.9 Å². The fourth-order valence-electron chi connectivity index (χ4n) is 2.81. The van der Waals surface area contributed by atoms with Crippen LogP contribution in [0.1, 0.15) is 63.7 Å². The van der Waals surface area contributed by atoms with Gasteiger partial charge in [-0.1, -0.05) is 39.3 Å². The molecule has 2 atom stereocenters. The Morgan fingerprint density at radius 2 is 2.14 bits per heavy atom. The Labute approximate surface area is 136 Å².